The van der Waals surface area contributed by atoms with Crippen molar-refractivity contribution in [2.24, 2.45) is 0 Å². The molecule has 0 saturated carbocycles. The van der Waals surface area contributed by atoms with Gasteiger partial charge in [-0.1, -0.05) is 51.5 Å². The van der Waals surface area contributed by atoms with Crippen LogP contribution in [0.15, 0.2) is 158 Å². The van der Waals surface area contributed by atoms with E-state index in [4.69, 9.17) is 120 Å². The summed E-state index contributed by atoms with van der Waals surface area (Å²) < 4.78 is 193. The first-order chi connectivity index (χ1) is 64.7. The molecular weight excluding hydrogens is 2110 g/mol. The molecule has 49 heteroatoms. The molecule has 7 aromatic rings. The van der Waals surface area contributed by atoms with Crippen molar-refractivity contribution in [3.8, 4) is 80.5 Å². The van der Waals surface area contributed by atoms with Gasteiger partial charge in [-0.2, -0.15) is 0 Å². The molecule has 0 fully saturated rings. The second kappa shape index (κ2) is 68.4. The van der Waals surface area contributed by atoms with Crippen LogP contribution in [0.25, 0.3) is 0 Å². The first-order valence-electron chi connectivity index (χ1n) is 40.4. The Labute approximate surface area is 967 Å². The van der Waals surface area contributed by atoms with Crippen LogP contribution in [0.2, 0.25) is 0 Å². The molecule has 7 aromatic carbocycles. The molecule has 0 aliphatic carbocycles. The van der Waals surface area contributed by atoms with Crippen LogP contribution in [0.5, 0.6) is 80.5 Å². The van der Waals surface area contributed by atoms with Gasteiger partial charge in [0.15, 0.2) is 17.4 Å². The number of benzene rings is 7. The molecule has 4 aliphatic heterocycles. The number of carboxylic acids is 2. The summed E-state index contributed by atoms with van der Waals surface area (Å²) in [5, 5.41) is 61.3. The number of hydrogen-bond acceptors (Lipinski definition) is 28. The van der Waals surface area contributed by atoms with E-state index in [2.05, 4.69) is 87.2 Å². The van der Waals surface area contributed by atoms with Crippen LogP contribution in [-0.2, 0) is 82.5 Å². The number of aromatic carboxylic acids is 2. The number of phenolic OH excluding ortho intramolecular Hbond substituents is 1. The summed E-state index contributed by atoms with van der Waals surface area (Å²) in [7, 11) is 15.1. The van der Waals surface area contributed by atoms with E-state index in [0.29, 0.717) is 75.1 Å². The number of aromatic hydroxyl groups is 2. The van der Waals surface area contributed by atoms with E-state index >= 15 is 0 Å². The van der Waals surface area contributed by atoms with Crippen molar-refractivity contribution in [2.75, 3.05) is 61.2 Å². The van der Waals surface area contributed by atoms with Crippen molar-refractivity contribution >= 4 is 114 Å². The zero-order valence-electron chi connectivity index (χ0n) is 84.4. The molecule has 0 atom stereocenters. The Morgan fingerprint density at radius 3 is 1.11 bits per heavy atom. The van der Waals surface area contributed by atoms with Gasteiger partial charge in [0.25, 0.3) is 12.9 Å². The van der Waals surface area contributed by atoms with Crippen molar-refractivity contribution in [2.45, 2.75) is 184 Å². The molecule has 792 valence electrons. The number of alkyl halides is 11. The molecule has 0 spiro atoms. The number of rotatable bonds is 25. The number of esters is 3. The van der Waals surface area contributed by atoms with Crippen LogP contribution < -0.4 is 184 Å². The zero-order valence-corrected chi connectivity index (χ0v) is 92.5. The number of carbonyl (C=O) groups excluding carboxylic acids is 4. The summed E-state index contributed by atoms with van der Waals surface area (Å²) in [4.78, 5) is 76.8. The molecule has 31 nitrogen and oxygen atoms in total. The molecule has 0 bridgehead atoms. The number of ether oxygens (including phenoxy) is 15. The Kier molecular flexibility index (Phi) is 68.5. The Hall–Kier alpha value is -8.27. The minimum absolute atomic E-state index is 0. The number of carbonyl (C=O) groups is 7. The number of allylic oxidation sites excluding steroid dienone is 2. The fourth-order valence-corrected chi connectivity index (χ4v) is 12.3. The minimum atomic E-state index is -4.92. The number of halogens is 13. The molecule has 0 radical (unpaired) electrons. The van der Waals surface area contributed by atoms with Crippen LogP contribution in [0.3, 0.4) is 0 Å². The smallest absolute Gasteiger partial charge is 1.00 e. The average molecular weight is 2230 g/mol. The maximum atomic E-state index is 12.4. The van der Waals surface area contributed by atoms with Crippen molar-refractivity contribution in [1.29, 1.82) is 0 Å². The second-order valence-corrected chi connectivity index (χ2v) is 35.5. The summed E-state index contributed by atoms with van der Waals surface area (Å²) >= 11 is 11.1. The minimum Gasteiger partial charge on any atom is -1.00 e. The largest absolute Gasteiger partial charge is 1.00 e. The molecule has 6 N–H and O–H groups in total. The molecular formula is C96H119AlCl4F9K2LiO31S. The molecule has 4 aliphatic rings. The van der Waals surface area contributed by atoms with Crippen LogP contribution in [0, 0.1) is 0 Å². The van der Waals surface area contributed by atoms with Crippen LogP contribution in [-0.4, -0.2) is 198 Å². The SMILES string of the molecule is C.C=C(C)CCl.C=C(C)COC(=O)c1cc(OC(F)(F)F)cc(CC(=C)C)c1O.C=C(C)COC(=O)c1cc(OC(F)(F)F)ccc1OCC(=C)C.COC(=O)c1cc(OC)cc2c1OC(C)(C)C2.COc1cc(CCl)c2c(c1)CC(C)(C)O2.COc1cc(CO)c2c(c1)CC(C)(C)O2.COc1cc2c(c(C(=O)O)c1)OC(C)(C)C2.O=C(O)c1cc(OC(F)(F)F)ccc1O.O=CO.O=CO[O-].O=S(Cl)Cl.[AlH3].[H-].[H-].[K+].[K+].[Li+]. The van der Waals surface area contributed by atoms with Gasteiger partial charge >= 0.3 is 171 Å². The predicted molar refractivity (Wildman–Crippen MR) is 518 cm³/mol. The predicted octanol–water partition coefficient (Wildman–Crippen LogP) is 11.4. The molecule has 4 heterocycles. The maximum absolute atomic E-state index is 12.4. The number of aliphatic hydroxyl groups excluding tert-OH is 1. The van der Waals surface area contributed by atoms with Crippen molar-refractivity contribution in [3.05, 3.63) is 225 Å². The van der Waals surface area contributed by atoms with Gasteiger partial charge in [-0.15, -0.1) is 62.7 Å². The Balaban J connectivity index is -0.000000302. The summed E-state index contributed by atoms with van der Waals surface area (Å²) in [6, 6.07) is 21.8. The standard InChI is InChI=1S/2C16H17F3O4.C13H16O4.C12H15ClO2.C12H14O4.C12H16O3.C8H5F3O4.C4H7Cl.CH2O3.CH2O2.CH4.Al.Cl2OS.2K.Li.5H/c1-9(2)5-11-6-12(23-16(17,18)19)7-13(14(11)20)15(21)22-8-10(3)4;1-10(2)8-21-14-6-5-12(23-16(17,18)19)7-13(14)15(20)22-9-11(3)4;1-13(2)7-8-5-9(15-3)6-10(11(8)17-13)12(14)16-4;1-12(2)6-8-4-10(14-3)5-9(7-13)11(8)15-12;1-12(2)6-7-4-8(15-3)5-9(11(13)14)10(7)16-12;1-12(2)6-8-4-10(14-3)5-9(7-13)11(8)15-12;9-8(10,11)15-4-1-2-6(12)5(3-4)7(13)14;1-4(2)3-5;2-1-4-3;2-1-3;;;1-4(2)3;;;;;;;;/h6-7,20H,1,3,5,8H2,2,4H3;5-7H,1,3,8-9H2,2,4H3;5-6H,7H2,1-4H3;4-5H,6-7H2,1-3H3;4-5H,6H2,1-3H3,(H,13,14);4-5,13H,6-7H2,1-3H3;1-3,12H,(H,13,14);1,3H2,2H3;1,3H;1H,(H,2,3);1H4;;;;;;;;;;/q;;;;;;;;;;;;;3*+1;;;;2*-1/p-1. The summed E-state index contributed by atoms with van der Waals surface area (Å²) in [5.41, 5.74) is 7.89. The molecule has 145 heavy (non-hydrogen) atoms. The Morgan fingerprint density at radius 2 is 0.779 bits per heavy atom. The average Bonchev–Trinajstić information content (AvgIpc) is 1.64. The summed E-state index contributed by atoms with van der Waals surface area (Å²) in [6.07, 6.45) is -11.4. The summed E-state index contributed by atoms with van der Waals surface area (Å²) in [6.45, 7) is 42.0. The van der Waals surface area contributed by atoms with Gasteiger partial charge < -0.3 is 115 Å². The van der Waals surface area contributed by atoms with Gasteiger partial charge in [-0.05, 0) is 210 Å². The maximum Gasteiger partial charge on any atom is 1.00 e. The zero-order chi connectivity index (χ0) is 108. The third kappa shape index (κ3) is 55.7. The van der Waals surface area contributed by atoms with Gasteiger partial charge in [0, 0.05) is 91.9 Å². The number of phenols is 2. The summed E-state index contributed by atoms with van der Waals surface area (Å²) in [5.74, 6) is -0.901. The van der Waals surface area contributed by atoms with Crippen LogP contribution in [0.4, 0.5) is 39.5 Å². The van der Waals surface area contributed by atoms with Crippen molar-refractivity contribution in [3.63, 3.8) is 0 Å². The van der Waals surface area contributed by atoms with E-state index in [1.54, 1.807) is 55.1 Å². The van der Waals surface area contributed by atoms with Gasteiger partial charge in [-0.3, -0.25) is 9.59 Å². The molecule has 11 rings (SSSR count). The van der Waals surface area contributed by atoms with E-state index in [1.165, 1.54) is 31.9 Å². The van der Waals surface area contributed by atoms with Crippen molar-refractivity contribution < 1.29 is 314 Å². The molecule has 0 saturated heterocycles. The third-order valence-corrected chi connectivity index (χ3v) is 17.9. The number of carboxylic acid groups (broad SMARTS) is 3. The number of hydrogen-bond donors (Lipinski definition) is 6. The number of fused-ring (bicyclic) bond motifs is 4. The fraction of sp³-hybridized carbons (Fsp3) is 0.385. The quantitative estimate of drug-likeness (QED) is 0.00296. The van der Waals surface area contributed by atoms with Gasteiger partial charge in [0.1, 0.15) is 151 Å². The van der Waals surface area contributed by atoms with Crippen molar-refractivity contribution in [1.82, 2.24) is 0 Å². The van der Waals surface area contributed by atoms with Crippen LogP contribution in [0.1, 0.15) is 191 Å². The Bertz CT molecular complexity index is 5430. The Morgan fingerprint density at radius 1 is 0.476 bits per heavy atom. The monoisotopic (exact) mass is 2220 g/mol. The van der Waals surface area contributed by atoms with E-state index in [9.17, 15) is 73.7 Å². The normalized spacial score (nSPS) is 12.6. The van der Waals surface area contributed by atoms with Crippen LogP contribution >= 0.6 is 44.6 Å². The van der Waals surface area contributed by atoms with Gasteiger partial charge in [0.05, 0.1) is 48.0 Å². The van der Waals surface area contributed by atoms with E-state index in [1.807, 2.05) is 84.9 Å². The van der Waals surface area contributed by atoms with E-state index < -0.39 is 98.0 Å². The first kappa shape index (κ1) is 145. The molecule has 0 aromatic heterocycles. The third-order valence-electron chi connectivity index (χ3n) is 17.2. The number of methoxy groups -OCH3 is 5. The molecule has 0 amide bonds. The van der Waals surface area contributed by atoms with Gasteiger partial charge in [-0.25, -0.2) is 28.2 Å². The number of aliphatic hydroxyl groups is 1. The first-order valence-corrected chi connectivity index (χ1v) is 44.3. The van der Waals surface area contributed by atoms with E-state index in [0.717, 1.165) is 112 Å². The fourth-order valence-electron chi connectivity index (χ4n) is 12.1. The second-order valence-electron chi connectivity index (χ2n) is 32.4. The molecule has 0 unspecified atom stereocenters. The van der Waals surface area contributed by atoms with E-state index in [-0.39, 0.29) is 240 Å². The van der Waals surface area contributed by atoms with Gasteiger partial charge in [0.2, 0.25) is 9.23 Å². The topological polar surface area (TPSA) is 429 Å².